The van der Waals surface area contributed by atoms with Gasteiger partial charge in [0, 0.05) is 5.39 Å². The van der Waals surface area contributed by atoms with Gasteiger partial charge in [0.25, 0.3) is 5.56 Å². The first-order chi connectivity index (χ1) is 19.9. The maximum Gasteiger partial charge on any atom is 0.459 e. The number of hydrogen-bond donors (Lipinski definition) is 3. The first-order valence-electron chi connectivity index (χ1n) is 13.6. The molecule has 4 rings (SSSR count). The standard InChI is InChI=1S/C28H36N5O8P/c1-16(2)38-28(36)17(3)32-42(37,41-23-13-9-11-21-10-7-8-12-22(21)23)40-19(5)25(18(4)34)39-20(6)33-15-31-24-26(33)29-14-30-27(24)35/h7-20,25,34H,1-6H3,(H,32,37)(H,29,30,35)/t17?,18?,19?,20?,25-,42?/m0/s1. The normalized spacial score (nSPS) is 17.0. The van der Waals surface area contributed by atoms with Crippen LogP contribution in [-0.4, -0.2) is 61.1 Å². The number of imidazole rings is 1. The lowest BCUT2D eigenvalue weighted by atomic mass is 10.1. The Morgan fingerprint density at radius 1 is 1.05 bits per heavy atom. The molecule has 2 heterocycles. The van der Waals surface area contributed by atoms with Crippen molar-refractivity contribution in [1.82, 2.24) is 24.6 Å². The molecule has 2 aromatic heterocycles. The number of hydrogen-bond acceptors (Lipinski definition) is 10. The van der Waals surface area contributed by atoms with Crippen molar-refractivity contribution in [2.45, 2.75) is 78.2 Å². The zero-order chi connectivity index (χ0) is 30.6. The number of aromatic amines is 1. The molecule has 0 saturated carbocycles. The highest BCUT2D eigenvalue weighted by Gasteiger charge is 2.38. The summed E-state index contributed by atoms with van der Waals surface area (Å²) in [7, 11) is -4.32. The van der Waals surface area contributed by atoms with Crippen LogP contribution in [0.3, 0.4) is 0 Å². The van der Waals surface area contributed by atoms with Crippen LogP contribution in [0, 0.1) is 0 Å². The molecule has 5 unspecified atom stereocenters. The van der Waals surface area contributed by atoms with Crippen LogP contribution >= 0.6 is 7.75 Å². The lowest BCUT2D eigenvalue weighted by molar-refractivity contribution is -0.149. The van der Waals surface area contributed by atoms with Crippen molar-refractivity contribution >= 4 is 35.7 Å². The summed E-state index contributed by atoms with van der Waals surface area (Å²) < 4.78 is 39.3. The monoisotopic (exact) mass is 601 g/mol. The van der Waals surface area contributed by atoms with Crippen molar-refractivity contribution in [3.8, 4) is 5.75 Å². The van der Waals surface area contributed by atoms with Gasteiger partial charge in [0.15, 0.2) is 11.2 Å². The first-order valence-corrected chi connectivity index (χ1v) is 15.1. The summed E-state index contributed by atoms with van der Waals surface area (Å²) in [5, 5.41) is 14.9. The third-order valence-electron chi connectivity index (χ3n) is 6.38. The fraction of sp³-hybridized carbons (Fsp3) is 0.429. The topological polar surface area (TPSA) is 167 Å². The van der Waals surface area contributed by atoms with Gasteiger partial charge < -0.3 is 24.1 Å². The predicted molar refractivity (Wildman–Crippen MR) is 156 cm³/mol. The lowest BCUT2D eigenvalue weighted by Gasteiger charge is -2.32. The highest BCUT2D eigenvalue weighted by atomic mass is 31.2. The summed E-state index contributed by atoms with van der Waals surface area (Å²) in [5.41, 5.74) is 0.0102. The molecule has 0 aliphatic carbocycles. The van der Waals surface area contributed by atoms with Crippen LogP contribution in [0.2, 0.25) is 0 Å². The van der Waals surface area contributed by atoms with E-state index in [0.717, 1.165) is 5.39 Å². The van der Waals surface area contributed by atoms with Crippen LogP contribution in [0.15, 0.2) is 59.9 Å². The van der Waals surface area contributed by atoms with Crippen LogP contribution in [-0.2, 0) is 23.4 Å². The molecule has 0 radical (unpaired) electrons. The maximum absolute atomic E-state index is 14.3. The van der Waals surface area contributed by atoms with Crippen LogP contribution in [0.4, 0.5) is 0 Å². The predicted octanol–water partition coefficient (Wildman–Crippen LogP) is 4.08. The number of carbonyl (C=O) groups is 1. The van der Waals surface area contributed by atoms with Crippen molar-refractivity contribution in [2.24, 2.45) is 0 Å². The average molecular weight is 602 g/mol. The highest BCUT2D eigenvalue weighted by molar-refractivity contribution is 7.52. The smallest absolute Gasteiger partial charge is 0.459 e. The molecule has 226 valence electrons. The van der Waals surface area contributed by atoms with E-state index in [4.69, 9.17) is 18.5 Å². The SMILES string of the molecule is CC(C)OC(=O)C(C)NP(=O)(Oc1cccc2ccccc12)OC(C)[C@@H](OC(C)n1cnc2c(=O)[nH]cnc21)C(C)O. The second-order valence-corrected chi connectivity index (χ2v) is 11.9. The fourth-order valence-corrected chi connectivity index (χ4v) is 6.14. The molecule has 4 aromatic rings. The van der Waals surface area contributed by atoms with E-state index in [-0.39, 0.29) is 23.0 Å². The first kappa shape index (κ1) is 31.3. The Morgan fingerprint density at radius 3 is 2.48 bits per heavy atom. The van der Waals surface area contributed by atoms with E-state index in [2.05, 4.69) is 20.0 Å². The Labute approximate surface area is 242 Å². The summed E-state index contributed by atoms with van der Waals surface area (Å²) in [5.74, 6) is -0.376. The molecule has 14 heteroatoms. The maximum atomic E-state index is 14.3. The second-order valence-electron chi connectivity index (χ2n) is 10.2. The number of aliphatic hydroxyl groups is 1. The van der Waals surface area contributed by atoms with E-state index in [1.807, 2.05) is 30.3 Å². The Balaban J connectivity index is 1.62. The Hall–Kier alpha value is -3.61. The molecule has 0 amide bonds. The van der Waals surface area contributed by atoms with E-state index < -0.39 is 49.9 Å². The number of nitrogens with zero attached hydrogens (tertiary/aromatic N) is 3. The quantitative estimate of drug-likeness (QED) is 0.149. The summed E-state index contributed by atoms with van der Waals surface area (Å²) in [6.45, 7) is 9.64. The van der Waals surface area contributed by atoms with Gasteiger partial charge in [0.1, 0.15) is 24.1 Å². The molecule has 6 atom stereocenters. The van der Waals surface area contributed by atoms with E-state index in [1.54, 1.807) is 39.8 Å². The number of rotatable bonds is 13. The van der Waals surface area contributed by atoms with E-state index in [0.29, 0.717) is 5.39 Å². The summed E-state index contributed by atoms with van der Waals surface area (Å²) in [6, 6.07) is 11.6. The summed E-state index contributed by atoms with van der Waals surface area (Å²) in [4.78, 5) is 35.4. The average Bonchev–Trinajstić information content (AvgIpc) is 3.36. The number of fused-ring (bicyclic) bond motifs is 2. The number of aliphatic hydroxyl groups excluding tert-OH is 1. The fourth-order valence-electron chi connectivity index (χ4n) is 4.42. The molecule has 0 saturated heterocycles. The summed E-state index contributed by atoms with van der Waals surface area (Å²) in [6.07, 6.45) is -1.65. The number of benzene rings is 2. The highest BCUT2D eigenvalue weighted by Crippen LogP contribution is 2.48. The molecule has 0 spiro atoms. The van der Waals surface area contributed by atoms with Gasteiger partial charge in [-0.3, -0.25) is 18.7 Å². The van der Waals surface area contributed by atoms with Gasteiger partial charge >= 0.3 is 13.7 Å². The number of carbonyl (C=O) groups excluding carboxylic acids is 1. The molecule has 0 bridgehead atoms. The van der Waals surface area contributed by atoms with Gasteiger partial charge in [-0.2, -0.15) is 5.09 Å². The van der Waals surface area contributed by atoms with Crippen molar-refractivity contribution in [3.63, 3.8) is 0 Å². The molecule has 0 aliphatic rings. The number of esters is 1. The molecule has 2 aromatic carbocycles. The second kappa shape index (κ2) is 13.1. The van der Waals surface area contributed by atoms with Crippen molar-refractivity contribution in [1.29, 1.82) is 0 Å². The third kappa shape index (κ3) is 7.23. The zero-order valence-electron chi connectivity index (χ0n) is 24.3. The zero-order valence-corrected chi connectivity index (χ0v) is 25.1. The number of nitrogens with one attached hydrogen (secondary N) is 2. The minimum absolute atomic E-state index is 0.130. The Bertz CT molecular complexity index is 1630. The van der Waals surface area contributed by atoms with Crippen LogP contribution in [0.5, 0.6) is 5.75 Å². The van der Waals surface area contributed by atoms with Gasteiger partial charge in [-0.05, 0) is 53.0 Å². The minimum atomic E-state index is -4.32. The van der Waals surface area contributed by atoms with E-state index in [9.17, 15) is 19.3 Å². The van der Waals surface area contributed by atoms with Crippen molar-refractivity contribution < 1.29 is 33.0 Å². The van der Waals surface area contributed by atoms with Crippen LogP contribution in [0.25, 0.3) is 21.9 Å². The number of H-pyrrole nitrogens is 1. The van der Waals surface area contributed by atoms with Crippen molar-refractivity contribution in [3.05, 3.63) is 65.5 Å². The Kier molecular flexibility index (Phi) is 9.80. The van der Waals surface area contributed by atoms with E-state index in [1.165, 1.54) is 31.1 Å². The largest absolute Gasteiger partial charge is 0.462 e. The number of aromatic nitrogens is 4. The van der Waals surface area contributed by atoms with Gasteiger partial charge in [-0.1, -0.05) is 36.4 Å². The van der Waals surface area contributed by atoms with Crippen LogP contribution in [0.1, 0.15) is 47.8 Å². The van der Waals surface area contributed by atoms with Gasteiger partial charge in [-0.25, -0.2) is 14.5 Å². The molecule has 0 aliphatic heterocycles. The molecule has 42 heavy (non-hydrogen) atoms. The van der Waals surface area contributed by atoms with Gasteiger partial charge in [0.05, 0.1) is 31.0 Å². The van der Waals surface area contributed by atoms with Gasteiger partial charge in [-0.15, -0.1) is 0 Å². The van der Waals surface area contributed by atoms with Gasteiger partial charge in [0.2, 0.25) is 0 Å². The lowest BCUT2D eigenvalue weighted by Crippen LogP contribution is -2.42. The molecular formula is C28H36N5O8P. The molecule has 0 fully saturated rings. The third-order valence-corrected chi connectivity index (χ3v) is 8.13. The van der Waals surface area contributed by atoms with Crippen molar-refractivity contribution in [2.75, 3.05) is 0 Å². The van der Waals surface area contributed by atoms with E-state index >= 15 is 0 Å². The number of ether oxygens (including phenoxy) is 2. The van der Waals surface area contributed by atoms with Crippen LogP contribution < -0.4 is 15.2 Å². The molecule has 13 nitrogen and oxygen atoms in total. The minimum Gasteiger partial charge on any atom is -0.462 e. The molecule has 3 N–H and O–H groups in total. The Morgan fingerprint density at radius 2 is 1.76 bits per heavy atom. The summed E-state index contributed by atoms with van der Waals surface area (Å²) >= 11 is 0. The molecular weight excluding hydrogens is 565 g/mol.